The second kappa shape index (κ2) is 12.9. The van der Waals surface area contributed by atoms with E-state index in [4.69, 9.17) is 13.9 Å². The highest BCUT2D eigenvalue weighted by Crippen LogP contribution is 2.38. The first-order valence-corrected chi connectivity index (χ1v) is 16.3. The third kappa shape index (κ3) is 8.03. The Hall–Kier alpha value is -2.41. The van der Waals surface area contributed by atoms with Gasteiger partial charge in [-0.25, -0.2) is 4.79 Å². The maximum atomic E-state index is 11.5. The number of carbonyl (C=O) groups excluding carboxylic acids is 1. The van der Waals surface area contributed by atoms with E-state index in [2.05, 4.69) is 69.1 Å². The van der Waals surface area contributed by atoms with Gasteiger partial charge >= 0.3 is 5.97 Å². The van der Waals surface area contributed by atoms with Crippen LogP contribution in [-0.4, -0.2) is 53.1 Å². The van der Waals surface area contributed by atoms with Gasteiger partial charge in [0.15, 0.2) is 8.32 Å². The highest BCUT2D eigenvalue weighted by molar-refractivity contribution is 6.74. The van der Waals surface area contributed by atoms with Crippen LogP contribution in [0.15, 0.2) is 48.5 Å². The highest BCUT2D eigenvalue weighted by atomic mass is 28.4. The summed E-state index contributed by atoms with van der Waals surface area (Å²) in [5.41, 5.74) is 5.15. The van der Waals surface area contributed by atoms with Crippen molar-refractivity contribution in [3.8, 4) is 5.75 Å². The molecule has 37 heavy (non-hydrogen) atoms. The number of fused-ring (bicyclic) bond motifs is 1. The molecule has 0 amide bonds. The minimum absolute atomic E-state index is 0.228. The number of nitrogens with zero attached hydrogens (tertiary/aromatic N) is 1. The van der Waals surface area contributed by atoms with Crippen LogP contribution in [0.3, 0.4) is 0 Å². The van der Waals surface area contributed by atoms with Crippen molar-refractivity contribution in [1.29, 1.82) is 0 Å². The zero-order chi connectivity index (χ0) is 27.1. The molecule has 0 N–H and O–H groups in total. The molecule has 6 heteroatoms. The summed E-state index contributed by atoms with van der Waals surface area (Å²) in [7, 11) is 1.36. The van der Waals surface area contributed by atoms with Crippen LogP contribution in [0.25, 0.3) is 6.08 Å². The number of benzene rings is 2. The van der Waals surface area contributed by atoms with Gasteiger partial charge in [0.25, 0.3) is 0 Å². The summed E-state index contributed by atoms with van der Waals surface area (Å²) >= 11 is 0. The summed E-state index contributed by atoms with van der Waals surface area (Å²) in [6.07, 6.45) is 7.52. The lowest BCUT2D eigenvalue weighted by atomic mass is 10.0. The average Bonchev–Trinajstić information content (AvgIpc) is 3.29. The Morgan fingerprint density at radius 3 is 2.46 bits per heavy atom. The van der Waals surface area contributed by atoms with Crippen molar-refractivity contribution in [2.45, 2.75) is 70.6 Å². The molecule has 1 atom stereocenters. The van der Waals surface area contributed by atoms with E-state index in [1.165, 1.54) is 29.9 Å². The minimum Gasteiger partial charge on any atom is -0.497 e. The molecule has 202 valence electrons. The third-order valence-electron chi connectivity index (χ3n) is 7.97. The Kier molecular flexibility index (Phi) is 10.2. The van der Waals surface area contributed by atoms with E-state index in [-0.39, 0.29) is 11.0 Å². The molecule has 0 aliphatic heterocycles. The van der Waals surface area contributed by atoms with Crippen LogP contribution in [-0.2, 0) is 26.8 Å². The topological polar surface area (TPSA) is 48.0 Å². The maximum absolute atomic E-state index is 11.5. The molecule has 5 nitrogen and oxygen atoms in total. The van der Waals surface area contributed by atoms with Gasteiger partial charge in [-0.05, 0) is 84.3 Å². The molecule has 0 saturated carbocycles. The molecular weight excluding hydrogens is 478 g/mol. The van der Waals surface area contributed by atoms with E-state index in [0.29, 0.717) is 6.04 Å². The summed E-state index contributed by atoms with van der Waals surface area (Å²) in [5.74, 6) is 0.563. The summed E-state index contributed by atoms with van der Waals surface area (Å²) in [5, 5.41) is 0.228. The monoisotopic (exact) mass is 523 g/mol. The molecule has 2 aromatic rings. The van der Waals surface area contributed by atoms with Crippen LogP contribution < -0.4 is 4.74 Å². The molecule has 1 unspecified atom stereocenters. The Bertz CT molecular complexity index is 1060. The van der Waals surface area contributed by atoms with Crippen molar-refractivity contribution < 1.29 is 18.7 Å². The first-order chi connectivity index (χ1) is 17.5. The molecular formula is C31H45NO4Si. The molecule has 0 radical (unpaired) electrons. The highest BCUT2D eigenvalue weighted by Gasteiger charge is 2.37. The van der Waals surface area contributed by atoms with Gasteiger partial charge in [0.1, 0.15) is 5.75 Å². The molecule has 0 fully saturated rings. The fourth-order valence-electron chi connectivity index (χ4n) is 4.63. The van der Waals surface area contributed by atoms with E-state index in [9.17, 15) is 4.79 Å². The Labute approximate surface area is 224 Å². The third-order valence-corrected chi connectivity index (χ3v) is 12.5. The molecule has 0 heterocycles. The van der Waals surface area contributed by atoms with E-state index in [0.717, 1.165) is 56.7 Å². The summed E-state index contributed by atoms with van der Waals surface area (Å²) in [6.45, 7) is 14.4. The number of ether oxygens (including phenoxy) is 2. The van der Waals surface area contributed by atoms with Crippen LogP contribution in [0, 0.1) is 0 Å². The molecule has 1 aliphatic rings. The number of hydrogen-bond donors (Lipinski definition) is 0. The lowest BCUT2D eigenvalue weighted by Crippen LogP contribution is -2.41. The molecule has 2 aromatic carbocycles. The smallest absolute Gasteiger partial charge is 0.330 e. The van der Waals surface area contributed by atoms with Gasteiger partial charge in [0, 0.05) is 31.8 Å². The lowest BCUT2D eigenvalue weighted by molar-refractivity contribution is -0.134. The van der Waals surface area contributed by atoms with Crippen molar-refractivity contribution in [3.05, 3.63) is 70.8 Å². The Morgan fingerprint density at radius 2 is 1.81 bits per heavy atom. The molecule has 0 aromatic heterocycles. The predicted octanol–water partition coefficient (Wildman–Crippen LogP) is 6.83. The van der Waals surface area contributed by atoms with Crippen LogP contribution in [0.5, 0.6) is 5.75 Å². The summed E-state index contributed by atoms with van der Waals surface area (Å²) < 4.78 is 16.5. The number of aryl methyl sites for hydroxylation is 1. The molecule has 1 aliphatic carbocycles. The number of esters is 1. The molecule has 3 rings (SSSR count). The number of hydrogen-bond acceptors (Lipinski definition) is 5. The molecule has 0 saturated heterocycles. The first kappa shape index (κ1) is 29.1. The second-order valence-corrected chi connectivity index (χ2v) is 16.3. The van der Waals surface area contributed by atoms with Gasteiger partial charge in [0.05, 0.1) is 14.2 Å². The SMILES string of the molecule is COC(=O)/C=C/c1ccc2c(c1)CCC2N(CCCO[Si](C)(C)C(C)(C)C)CCc1ccc(OC)cc1. The van der Waals surface area contributed by atoms with Crippen molar-refractivity contribution in [2.75, 3.05) is 33.9 Å². The van der Waals surface area contributed by atoms with Crippen molar-refractivity contribution in [3.63, 3.8) is 0 Å². The fourth-order valence-corrected chi connectivity index (χ4v) is 5.72. The van der Waals surface area contributed by atoms with E-state index < -0.39 is 8.32 Å². The van der Waals surface area contributed by atoms with Crippen molar-refractivity contribution in [2.24, 2.45) is 0 Å². The minimum atomic E-state index is -1.74. The van der Waals surface area contributed by atoms with Gasteiger partial charge in [-0.2, -0.15) is 0 Å². The van der Waals surface area contributed by atoms with Crippen LogP contribution in [0.1, 0.15) is 61.9 Å². The Morgan fingerprint density at radius 1 is 1.08 bits per heavy atom. The van der Waals surface area contributed by atoms with E-state index in [1.54, 1.807) is 7.11 Å². The van der Waals surface area contributed by atoms with Crippen molar-refractivity contribution >= 4 is 20.4 Å². The number of rotatable bonds is 12. The fraction of sp³-hybridized carbons (Fsp3) is 0.516. The normalized spacial score (nSPS) is 15.8. The average molecular weight is 524 g/mol. The lowest BCUT2D eigenvalue weighted by Gasteiger charge is -2.36. The second-order valence-electron chi connectivity index (χ2n) is 11.5. The van der Waals surface area contributed by atoms with Gasteiger partial charge in [-0.1, -0.05) is 51.1 Å². The van der Waals surface area contributed by atoms with E-state index in [1.807, 2.05) is 18.2 Å². The summed E-state index contributed by atoms with van der Waals surface area (Å²) in [4.78, 5) is 14.1. The van der Waals surface area contributed by atoms with Crippen LogP contribution in [0.4, 0.5) is 0 Å². The zero-order valence-electron chi connectivity index (χ0n) is 23.8. The molecule has 0 spiro atoms. The van der Waals surface area contributed by atoms with Crippen LogP contribution in [0.2, 0.25) is 18.1 Å². The van der Waals surface area contributed by atoms with Gasteiger partial charge in [-0.15, -0.1) is 0 Å². The van der Waals surface area contributed by atoms with E-state index >= 15 is 0 Å². The first-order valence-electron chi connectivity index (χ1n) is 13.4. The zero-order valence-corrected chi connectivity index (χ0v) is 24.8. The van der Waals surface area contributed by atoms with Crippen molar-refractivity contribution in [1.82, 2.24) is 4.90 Å². The number of carbonyl (C=O) groups is 1. The van der Waals surface area contributed by atoms with Crippen LogP contribution >= 0.6 is 0 Å². The summed E-state index contributed by atoms with van der Waals surface area (Å²) in [6, 6.07) is 15.4. The largest absolute Gasteiger partial charge is 0.497 e. The predicted molar refractivity (Wildman–Crippen MR) is 155 cm³/mol. The Balaban J connectivity index is 1.71. The quantitative estimate of drug-likeness (QED) is 0.132. The molecule has 0 bridgehead atoms. The van der Waals surface area contributed by atoms with Gasteiger partial charge in [0.2, 0.25) is 0 Å². The van der Waals surface area contributed by atoms with Gasteiger partial charge < -0.3 is 13.9 Å². The number of methoxy groups -OCH3 is 2. The standard InChI is InChI=1S/C31H45NO4Si/c1-31(2,3)37(6,7)36-22-8-20-32(21-19-24-9-14-27(34-4)15-10-24)29-17-13-26-23-25(11-16-28(26)29)12-18-30(33)35-5/h9-12,14-16,18,23,29H,8,13,17,19-22H2,1-7H3/b18-12+. The van der Waals surface area contributed by atoms with Gasteiger partial charge in [-0.3, -0.25) is 4.90 Å². The maximum Gasteiger partial charge on any atom is 0.330 e.